The number of rotatable bonds is 2. The summed E-state index contributed by atoms with van der Waals surface area (Å²) in [7, 11) is 0. The van der Waals surface area contributed by atoms with Crippen LogP contribution in [-0.2, 0) is 9.53 Å². The molecule has 0 spiro atoms. The van der Waals surface area contributed by atoms with Gasteiger partial charge in [0.1, 0.15) is 5.60 Å². The van der Waals surface area contributed by atoms with Gasteiger partial charge in [-0.3, -0.25) is 0 Å². The topological polar surface area (TPSA) is 38.3 Å². The predicted molar refractivity (Wildman–Crippen MR) is 51.4 cm³/mol. The SMILES string of the molecule is CC(C)(C)OC(=O)/C=C/C1CCN1. The molecule has 1 unspecified atom stereocenters. The fourth-order valence-corrected chi connectivity index (χ4v) is 1.01. The zero-order valence-corrected chi connectivity index (χ0v) is 8.46. The first-order valence-corrected chi connectivity index (χ1v) is 4.62. The maximum absolute atomic E-state index is 11.2. The van der Waals surface area contributed by atoms with Crippen molar-refractivity contribution in [3.8, 4) is 0 Å². The van der Waals surface area contributed by atoms with Gasteiger partial charge in [0.15, 0.2) is 0 Å². The van der Waals surface area contributed by atoms with Crippen molar-refractivity contribution < 1.29 is 9.53 Å². The molecule has 1 saturated heterocycles. The van der Waals surface area contributed by atoms with Crippen LogP contribution in [0.1, 0.15) is 27.2 Å². The first-order chi connectivity index (χ1) is 5.97. The number of hydrogen-bond acceptors (Lipinski definition) is 3. The van der Waals surface area contributed by atoms with Crippen molar-refractivity contribution in [2.45, 2.75) is 38.8 Å². The van der Waals surface area contributed by atoms with E-state index in [0.717, 1.165) is 13.0 Å². The normalized spacial score (nSPS) is 22.8. The lowest BCUT2D eigenvalue weighted by Gasteiger charge is -2.24. The van der Waals surface area contributed by atoms with Crippen LogP contribution in [0.2, 0.25) is 0 Å². The number of hydrogen-bond donors (Lipinski definition) is 1. The van der Waals surface area contributed by atoms with E-state index < -0.39 is 5.60 Å². The van der Waals surface area contributed by atoms with E-state index in [4.69, 9.17) is 4.74 Å². The van der Waals surface area contributed by atoms with Gasteiger partial charge >= 0.3 is 5.97 Å². The summed E-state index contributed by atoms with van der Waals surface area (Å²) in [5.74, 6) is -0.263. The third kappa shape index (κ3) is 4.08. The predicted octanol–water partition coefficient (Wildman–Crippen LogP) is 1.25. The Bertz CT molecular complexity index is 211. The minimum absolute atomic E-state index is 0.263. The molecule has 0 bridgehead atoms. The molecule has 1 atom stereocenters. The second-order valence-corrected chi connectivity index (χ2v) is 4.24. The molecule has 0 aromatic heterocycles. The zero-order valence-electron chi connectivity index (χ0n) is 8.46. The number of esters is 1. The van der Waals surface area contributed by atoms with Crippen molar-refractivity contribution in [1.82, 2.24) is 5.32 Å². The van der Waals surface area contributed by atoms with Crippen LogP contribution < -0.4 is 5.32 Å². The Morgan fingerprint density at radius 1 is 1.54 bits per heavy atom. The van der Waals surface area contributed by atoms with Crippen LogP contribution in [-0.4, -0.2) is 24.2 Å². The highest BCUT2D eigenvalue weighted by molar-refractivity contribution is 5.82. The molecule has 0 aromatic carbocycles. The van der Waals surface area contributed by atoms with E-state index in [0.29, 0.717) is 6.04 Å². The van der Waals surface area contributed by atoms with Crippen molar-refractivity contribution in [1.29, 1.82) is 0 Å². The Kier molecular flexibility index (Phi) is 3.09. The highest BCUT2D eigenvalue weighted by Crippen LogP contribution is 2.08. The Labute approximate surface area is 79.2 Å². The molecule has 13 heavy (non-hydrogen) atoms. The lowest BCUT2D eigenvalue weighted by molar-refractivity contribution is -0.148. The van der Waals surface area contributed by atoms with Gasteiger partial charge in [-0.05, 0) is 33.7 Å². The highest BCUT2D eigenvalue weighted by atomic mass is 16.6. The molecule has 0 aliphatic carbocycles. The smallest absolute Gasteiger partial charge is 0.330 e. The van der Waals surface area contributed by atoms with Gasteiger partial charge in [-0.2, -0.15) is 0 Å². The largest absolute Gasteiger partial charge is 0.457 e. The van der Waals surface area contributed by atoms with Crippen LogP contribution in [0.3, 0.4) is 0 Å². The van der Waals surface area contributed by atoms with Crippen LogP contribution >= 0.6 is 0 Å². The van der Waals surface area contributed by atoms with Crippen molar-refractivity contribution in [3.63, 3.8) is 0 Å². The third-order valence-corrected chi connectivity index (χ3v) is 1.73. The van der Waals surface area contributed by atoms with E-state index >= 15 is 0 Å². The molecule has 1 aliphatic heterocycles. The fraction of sp³-hybridized carbons (Fsp3) is 0.700. The van der Waals surface area contributed by atoms with Crippen molar-refractivity contribution in [2.24, 2.45) is 0 Å². The van der Waals surface area contributed by atoms with Crippen LogP contribution in [0, 0.1) is 0 Å². The van der Waals surface area contributed by atoms with Crippen LogP contribution in [0.5, 0.6) is 0 Å². The Balaban J connectivity index is 2.27. The molecular weight excluding hydrogens is 166 g/mol. The summed E-state index contributed by atoms with van der Waals surface area (Å²) in [6.45, 7) is 6.63. The van der Waals surface area contributed by atoms with E-state index in [2.05, 4.69) is 5.32 Å². The second-order valence-electron chi connectivity index (χ2n) is 4.24. The van der Waals surface area contributed by atoms with E-state index in [1.54, 1.807) is 0 Å². The highest BCUT2D eigenvalue weighted by Gasteiger charge is 2.16. The fourth-order valence-electron chi connectivity index (χ4n) is 1.01. The Morgan fingerprint density at radius 2 is 2.15 bits per heavy atom. The van der Waals surface area contributed by atoms with Gasteiger partial charge in [0.05, 0.1) is 0 Å². The quantitative estimate of drug-likeness (QED) is 0.517. The molecule has 0 aromatic rings. The molecule has 1 fully saturated rings. The van der Waals surface area contributed by atoms with Crippen molar-refractivity contribution >= 4 is 5.97 Å². The second kappa shape index (κ2) is 3.92. The van der Waals surface area contributed by atoms with E-state index in [1.165, 1.54) is 6.08 Å². The molecule has 3 nitrogen and oxygen atoms in total. The first kappa shape index (κ1) is 10.3. The van der Waals surface area contributed by atoms with E-state index in [1.807, 2.05) is 26.8 Å². The third-order valence-electron chi connectivity index (χ3n) is 1.73. The summed E-state index contributed by atoms with van der Waals surface area (Å²) in [4.78, 5) is 11.2. The monoisotopic (exact) mass is 183 g/mol. The summed E-state index contributed by atoms with van der Waals surface area (Å²) in [5, 5.41) is 3.17. The summed E-state index contributed by atoms with van der Waals surface area (Å²) < 4.78 is 5.10. The summed E-state index contributed by atoms with van der Waals surface area (Å²) in [6.07, 6.45) is 4.47. The molecular formula is C10H17NO2. The lowest BCUT2D eigenvalue weighted by atomic mass is 10.1. The summed E-state index contributed by atoms with van der Waals surface area (Å²) in [5.41, 5.74) is -0.394. The zero-order chi connectivity index (χ0) is 9.90. The molecule has 0 radical (unpaired) electrons. The average molecular weight is 183 g/mol. The van der Waals surface area contributed by atoms with Gasteiger partial charge in [0.2, 0.25) is 0 Å². The minimum Gasteiger partial charge on any atom is -0.457 e. The minimum atomic E-state index is -0.394. The average Bonchev–Trinajstić information content (AvgIpc) is 1.78. The maximum Gasteiger partial charge on any atom is 0.330 e. The van der Waals surface area contributed by atoms with Gasteiger partial charge in [0, 0.05) is 12.1 Å². The lowest BCUT2D eigenvalue weighted by Crippen LogP contribution is -2.41. The van der Waals surface area contributed by atoms with Crippen LogP contribution in [0.15, 0.2) is 12.2 Å². The number of nitrogens with one attached hydrogen (secondary N) is 1. The maximum atomic E-state index is 11.2. The molecule has 74 valence electrons. The van der Waals surface area contributed by atoms with E-state index in [-0.39, 0.29) is 5.97 Å². The number of carbonyl (C=O) groups excluding carboxylic acids is 1. The molecule has 3 heteroatoms. The van der Waals surface area contributed by atoms with Gasteiger partial charge in [0.25, 0.3) is 0 Å². The van der Waals surface area contributed by atoms with Gasteiger partial charge in [-0.15, -0.1) is 0 Å². The Hall–Kier alpha value is -0.830. The molecule has 0 amide bonds. The van der Waals surface area contributed by atoms with Gasteiger partial charge < -0.3 is 10.1 Å². The van der Waals surface area contributed by atoms with Crippen molar-refractivity contribution in [2.75, 3.05) is 6.54 Å². The molecule has 1 aliphatic rings. The summed E-state index contributed by atoms with van der Waals surface area (Å²) >= 11 is 0. The van der Waals surface area contributed by atoms with Gasteiger partial charge in [-0.1, -0.05) is 6.08 Å². The molecule has 1 N–H and O–H groups in total. The standard InChI is InChI=1S/C10H17NO2/c1-10(2,3)13-9(12)5-4-8-6-7-11-8/h4-5,8,11H,6-7H2,1-3H3/b5-4+. The van der Waals surface area contributed by atoms with Crippen LogP contribution in [0.25, 0.3) is 0 Å². The van der Waals surface area contributed by atoms with Crippen LogP contribution in [0.4, 0.5) is 0 Å². The molecule has 0 saturated carbocycles. The van der Waals surface area contributed by atoms with E-state index in [9.17, 15) is 4.79 Å². The number of ether oxygens (including phenoxy) is 1. The Morgan fingerprint density at radius 3 is 2.54 bits per heavy atom. The molecule has 1 heterocycles. The molecule has 1 rings (SSSR count). The first-order valence-electron chi connectivity index (χ1n) is 4.62. The number of carbonyl (C=O) groups is 1. The summed E-state index contributed by atoms with van der Waals surface area (Å²) in [6, 6.07) is 0.368. The van der Waals surface area contributed by atoms with Crippen molar-refractivity contribution in [3.05, 3.63) is 12.2 Å². The van der Waals surface area contributed by atoms with Gasteiger partial charge in [-0.25, -0.2) is 4.79 Å².